The number of hydrogen-bond donors (Lipinski definition) is 1. The molecule has 1 aromatic heterocycles. The standard InChI is InChI=1S/C23H24N2O7/c1-28-16-9-13(10-17(29-2)20(16)30-3)24-21(26)18-15-6-7-23(32-15)12-25(22(27)19(18)23)11-14-5-4-8-31-14/h4-10,15,18-19H,11-12H2,1-3H3,(H,24,26)/t15-,18?,19?,23-/m0/s1. The van der Waals surface area contributed by atoms with Crippen LogP contribution in [0.2, 0.25) is 0 Å². The number of carbonyl (C=O) groups is 2. The molecule has 2 bridgehead atoms. The highest BCUT2D eigenvalue weighted by molar-refractivity contribution is 5.99. The first-order valence-corrected chi connectivity index (χ1v) is 10.3. The summed E-state index contributed by atoms with van der Waals surface area (Å²) in [5, 5.41) is 2.90. The van der Waals surface area contributed by atoms with E-state index < -0.39 is 23.5 Å². The molecule has 0 radical (unpaired) electrons. The monoisotopic (exact) mass is 440 g/mol. The van der Waals surface area contributed by atoms with Crippen molar-refractivity contribution in [2.75, 3.05) is 33.2 Å². The number of amides is 2. The maximum Gasteiger partial charge on any atom is 0.231 e. The number of nitrogens with one attached hydrogen (secondary N) is 1. The molecule has 5 rings (SSSR count). The SMILES string of the molecule is COc1cc(NC(=O)C2C3C(=O)N(Cc4ccco4)C[C@@]34C=C[C@@H]2O4)cc(OC)c1OC. The number of nitrogens with zero attached hydrogens (tertiary/aromatic N) is 1. The van der Waals surface area contributed by atoms with Gasteiger partial charge in [-0.15, -0.1) is 0 Å². The van der Waals surface area contributed by atoms with Crippen LogP contribution in [-0.2, 0) is 20.9 Å². The molecule has 3 aliphatic heterocycles. The van der Waals surface area contributed by atoms with Crippen molar-refractivity contribution in [1.29, 1.82) is 0 Å². The number of carbonyl (C=O) groups excluding carboxylic acids is 2. The highest BCUT2D eigenvalue weighted by atomic mass is 16.5. The second kappa shape index (κ2) is 7.59. The molecule has 2 saturated heterocycles. The smallest absolute Gasteiger partial charge is 0.231 e. The van der Waals surface area contributed by atoms with E-state index in [1.54, 1.807) is 29.4 Å². The fraction of sp³-hybridized carbons (Fsp3) is 0.391. The largest absolute Gasteiger partial charge is 0.493 e. The number of benzene rings is 1. The van der Waals surface area contributed by atoms with Crippen LogP contribution < -0.4 is 19.5 Å². The van der Waals surface area contributed by atoms with Crippen LogP contribution in [-0.4, -0.2) is 56.3 Å². The molecule has 2 unspecified atom stereocenters. The number of methoxy groups -OCH3 is 3. The molecule has 2 aromatic rings. The normalized spacial score (nSPS) is 27.5. The molecule has 1 N–H and O–H groups in total. The number of furan rings is 1. The molecule has 0 aliphatic carbocycles. The van der Waals surface area contributed by atoms with Gasteiger partial charge in [0.05, 0.1) is 58.6 Å². The highest BCUT2D eigenvalue weighted by Gasteiger charge is 2.66. The summed E-state index contributed by atoms with van der Waals surface area (Å²) in [6.45, 7) is 0.728. The topological polar surface area (TPSA) is 99.5 Å². The number of hydrogen-bond acceptors (Lipinski definition) is 7. The van der Waals surface area contributed by atoms with E-state index >= 15 is 0 Å². The molecule has 9 heteroatoms. The van der Waals surface area contributed by atoms with Gasteiger partial charge in [-0.2, -0.15) is 0 Å². The van der Waals surface area contributed by atoms with E-state index in [2.05, 4.69) is 5.32 Å². The third-order valence-corrected chi connectivity index (χ3v) is 6.34. The average Bonchev–Trinajstić information content (AvgIpc) is 3.56. The van der Waals surface area contributed by atoms with Crippen LogP contribution in [0.15, 0.2) is 47.1 Å². The van der Waals surface area contributed by atoms with Crippen LogP contribution in [0.5, 0.6) is 17.2 Å². The predicted octanol–water partition coefficient (Wildman–Crippen LogP) is 2.23. The van der Waals surface area contributed by atoms with Crippen molar-refractivity contribution in [2.45, 2.75) is 18.2 Å². The quantitative estimate of drug-likeness (QED) is 0.659. The fourth-order valence-corrected chi connectivity index (χ4v) is 4.98. The molecular weight excluding hydrogens is 416 g/mol. The van der Waals surface area contributed by atoms with Gasteiger partial charge in [0.25, 0.3) is 0 Å². The molecule has 1 spiro atoms. The lowest BCUT2D eigenvalue weighted by atomic mass is 9.77. The molecule has 1 aromatic carbocycles. The molecule has 3 aliphatic rings. The van der Waals surface area contributed by atoms with Crippen molar-refractivity contribution in [3.63, 3.8) is 0 Å². The molecule has 168 valence electrons. The molecule has 2 fully saturated rings. The Morgan fingerprint density at radius 3 is 2.59 bits per heavy atom. The first-order chi connectivity index (χ1) is 15.5. The first-order valence-electron chi connectivity index (χ1n) is 10.3. The lowest BCUT2D eigenvalue weighted by molar-refractivity contribution is -0.136. The van der Waals surface area contributed by atoms with E-state index in [9.17, 15) is 9.59 Å². The number of anilines is 1. The number of ether oxygens (including phenoxy) is 4. The Hall–Kier alpha value is -3.46. The van der Waals surface area contributed by atoms with Gasteiger partial charge in [-0.25, -0.2) is 0 Å². The van der Waals surface area contributed by atoms with Gasteiger partial charge in [-0.3, -0.25) is 9.59 Å². The van der Waals surface area contributed by atoms with Crippen molar-refractivity contribution in [3.8, 4) is 17.2 Å². The zero-order valence-corrected chi connectivity index (χ0v) is 18.0. The molecular formula is C23H24N2O7. The van der Waals surface area contributed by atoms with Gasteiger partial charge in [-0.05, 0) is 12.1 Å². The van der Waals surface area contributed by atoms with E-state index in [0.29, 0.717) is 41.8 Å². The summed E-state index contributed by atoms with van der Waals surface area (Å²) in [6, 6.07) is 6.91. The summed E-state index contributed by atoms with van der Waals surface area (Å²) >= 11 is 0. The minimum Gasteiger partial charge on any atom is -0.493 e. The van der Waals surface area contributed by atoms with Crippen molar-refractivity contribution in [3.05, 3.63) is 48.4 Å². The van der Waals surface area contributed by atoms with E-state index in [4.69, 9.17) is 23.4 Å². The molecule has 4 atom stereocenters. The number of rotatable bonds is 7. The third kappa shape index (κ3) is 3.03. The minimum atomic E-state index is -0.786. The van der Waals surface area contributed by atoms with E-state index in [-0.39, 0.29) is 11.8 Å². The fourth-order valence-electron chi connectivity index (χ4n) is 4.98. The van der Waals surface area contributed by atoms with E-state index in [0.717, 1.165) is 0 Å². The summed E-state index contributed by atoms with van der Waals surface area (Å²) in [5.74, 6) is 0.313. The van der Waals surface area contributed by atoms with Gasteiger partial charge in [0.1, 0.15) is 11.4 Å². The van der Waals surface area contributed by atoms with Crippen LogP contribution in [0.25, 0.3) is 0 Å². The Balaban J connectivity index is 1.39. The maximum absolute atomic E-state index is 13.3. The van der Waals surface area contributed by atoms with E-state index in [1.165, 1.54) is 21.3 Å². The Morgan fingerprint density at radius 1 is 1.22 bits per heavy atom. The Morgan fingerprint density at radius 2 is 1.97 bits per heavy atom. The second-order valence-corrected chi connectivity index (χ2v) is 8.08. The summed E-state index contributed by atoms with van der Waals surface area (Å²) in [4.78, 5) is 28.3. The maximum atomic E-state index is 13.3. The summed E-state index contributed by atoms with van der Waals surface area (Å²) in [6.07, 6.45) is 4.92. The van der Waals surface area contributed by atoms with Gasteiger partial charge in [-0.1, -0.05) is 12.2 Å². The zero-order valence-electron chi connectivity index (χ0n) is 18.0. The molecule has 2 amide bonds. The highest BCUT2D eigenvalue weighted by Crippen LogP contribution is 2.52. The molecule has 32 heavy (non-hydrogen) atoms. The van der Waals surface area contributed by atoms with Crippen molar-refractivity contribution < 1.29 is 33.0 Å². The summed E-state index contributed by atoms with van der Waals surface area (Å²) in [5.41, 5.74) is -0.311. The Bertz CT molecular complexity index is 1060. The van der Waals surface area contributed by atoms with Gasteiger partial charge in [0.2, 0.25) is 17.6 Å². The molecule has 0 saturated carbocycles. The minimum absolute atomic E-state index is 0.113. The number of likely N-dealkylation sites (tertiary alicyclic amines) is 1. The van der Waals surface area contributed by atoms with E-state index in [1.807, 2.05) is 18.2 Å². The van der Waals surface area contributed by atoms with Crippen LogP contribution >= 0.6 is 0 Å². The van der Waals surface area contributed by atoms with Gasteiger partial charge >= 0.3 is 0 Å². The van der Waals surface area contributed by atoms with Crippen LogP contribution in [0.1, 0.15) is 5.76 Å². The van der Waals surface area contributed by atoms with Crippen LogP contribution in [0.4, 0.5) is 5.69 Å². The second-order valence-electron chi connectivity index (χ2n) is 8.08. The Labute approximate surface area is 184 Å². The lowest BCUT2D eigenvalue weighted by Gasteiger charge is -2.23. The molecule has 4 heterocycles. The van der Waals surface area contributed by atoms with Crippen molar-refractivity contribution >= 4 is 17.5 Å². The van der Waals surface area contributed by atoms with Crippen LogP contribution in [0.3, 0.4) is 0 Å². The van der Waals surface area contributed by atoms with Crippen molar-refractivity contribution in [1.82, 2.24) is 4.90 Å². The summed E-state index contributed by atoms with van der Waals surface area (Å²) < 4.78 is 27.6. The number of fused-ring (bicyclic) bond motifs is 1. The average molecular weight is 440 g/mol. The predicted molar refractivity (Wildman–Crippen MR) is 113 cm³/mol. The first kappa shape index (κ1) is 20.4. The zero-order chi connectivity index (χ0) is 22.5. The van der Waals surface area contributed by atoms with Gasteiger partial charge < -0.3 is 33.6 Å². The van der Waals surface area contributed by atoms with Gasteiger partial charge in [0, 0.05) is 17.8 Å². The van der Waals surface area contributed by atoms with Crippen LogP contribution in [0, 0.1) is 11.8 Å². The lowest BCUT2D eigenvalue weighted by Crippen LogP contribution is -2.41. The third-order valence-electron chi connectivity index (χ3n) is 6.34. The Kier molecular flexibility index (Phi) is 4.85. The molecule has 9 nitrogen and oxygen atoms in total. The van der Waals surface area contributed by atoms with Crippen molar-refractivity contribution in [2.24, 2.45) is 11.8 Å². The summed E-state index contributed by atoms with van der Waals surface area (Å²) in [7, 11) is 4.52. The van der Waals surface area contributed by atoms with Gasteiger partial charge in [0.15, 0.2) is 11.5 Å².